The van der Waals surface area contributed by atoms with Gasteiger partial charge in [-0.15, -0.1) is 11.3 Å². The summed E-state index contributed by atoms with van der Waals surface area (Å²) in [6, 6.07) is 10.4. The smallest absolute Gasteiger partial charge is 0.264 e. The van der Waals surface area contributed by atoms with Crippen molar-refractivity contribution in [1.82, 2.24) is 14.9 Å². The van der Waals surface area contributed by atoms with Crippen LogP contribution in [0.15, 0.2) is 36.7 Å². The van der Waals surface area contributed by atoms with Gasteiger partial charge in [0.1, 0.15) is 12.1 Å². The highest BCUT2D eigenvalue weighted by molar-refractivity contribution is 7.13. The van der Waals surface area contributed by atoms with Crippen molar-refractivity contribution in [2.24, 2.45) is 0 Å². The minimum atomic E-state index is 0.141. The predicted molar refractivity (Wildman–Crippen MR) is 111 cm³/mol. The quantitative estimate of drug-likeness (QED) is 0.687. The summed E-state index contributed by atoms with van der Waals surface area (Å²) < 4.78 is 0. The van der Waals surface area contributed by atoms with E-state index in [-0.39, 0.29) is 5.91 Å². The van der Waals surface area contributed by atoms with Crippen molar-refractivity contribution in [3.8, 4) is 0 Å². The van der Waals surface area contributed by atoms with Gasteiger partial charge in [0.25, 0.3) is 5.91 Å². The Labute approximate surface area is 163 Å². The van der Waals surface area contributed by atoms with Crippen molar-refractivity contribution in [2.75, 3.05) is 31.1 Å². The van der Waals surface area contributed by atoms with E-state index in [9.17, 15) is 4.79 Å². The van der Waals surface area contributed by atoms with Gasteiger partial charge in [-0.3, -0.25) is 4.79 Å². The fraction of sp³-hybridized carbons (Fsp3) is 0.381. The van der Waals surface area contributed by atoms with Gasteiger partial charge in [0.05, 0.1) is 10.4 Å². The van der Waals surface area contributed by atoms with Crippen LogP contribution in [0.5, 0.6) is 0 Å². The lowest BCUT2D eigenvalue weighted by Crippen LogP contribution is -2.49. The van der Waals surface area contributed by atoms with Gasteiger partial charge < -0.3 is 9.80 Å². The summed E-state index contributed by atoms with van der Waals surface area (Å²) >= 11 is 1.57. The van der Waals surface area contributed by atoms with Crippen LogP contribution in [0.25, 0.3) is 10.9 Å². The molecule has 0 spiro atoms. The predicted octanol–water partition coefficient (Wildman–Crippen LogP) is 4.09. The number of nitrogens with zero attached hydrogens (tertiary/aromatic N) is 4. The van der Waals surface area contributed by atoms with Gasteiger partial charge in [0, 0.05) is 36.4 Å². The molecule has 1 aliphatic rings. The van der Waals surface area contributed by atoms with Crippen LogP contribution in [-0.4, -0.2) is 47.0 Å². The van der Waals surface area contributed by atoms with Crippen molar-refractivity contribution in [3.05, 3.63) is 52.0 Å². The summed E-state index contributed by atoms with van der Waals surface area (Å²) in [5.41, 5.74) is 2.26. The molecule has 0 unspecified atom stereocenters. The summed E-state index contributed by atoms with van der Waals surface area (Å²) in [4.78, 5) is 27.9. The number of thiophene rings is 1. The van der Waals surface area contributed by atoms with Crippen LogP contribution in [0.4, 0.5) is 5.82 Å². The van der Waals surface area contributed by atoms with Crippen molar-refractivity contribution >= 4 is 34.0 Å². The van der Waals surface area contributed by atoms with Gasteiger partial charge in [-0.05, 0) is 42.7 Å². The molecule has 0 N–H and O–H groups in total. The van der Waals surface area contributed by atoms with E-state index in [0.29, 0.717) is 19.0 Å². The zero-order valence-electron chi connectivity index (χ0n) is 16.0. The van der Waals surface area contributed by atoms with Crippen LogP contribution in [0, 0.1) is 6.92 Å². The Bertz CT molecular complexity index is 973. The molecule has 3 aromatic rings. The van der Waals surface area contributed by atoms with Crippen LogP contribution < -0.4 is 4.90 Å². The fourth-order valence-electron chi connectivity index (χ4n) is 3.50. The standard InChI is InChI=1S/C21H24N4OS/c1-14(2)16-5-6-18-17(12-16)20(23-13-22-18)24-8-10-25(11-9-24)21(26)19-7-4-15(3)27-19/h4-7,12-14H,8-11H2,1-3H3. The van der Waals surface area contributed by atoms with E-state index in [4.69, 9.17) is 0 Å². The van der Waals surface area contributed by atoms with E-state index >= 15 is 0 Å². The van der Waals surface area contributed by atoms with Crippen LogP contribution >= 0.6 is 11.3 Å². The number of carbonyl (C=O) groups excluding carboxylic acids is 1. The van der Waals surface area contributed by atoms with Crippen LogP contribution in [0.2, 0.25) is 0 Å². The molecule has 1 fully saturated rings. The number of fused-ring (bicyclic) bond motifs is 1. The first-order chi connectivity index (χ1) is 13.0. The lowest BCUT2D eigenvalue weighted by Gasteiger charge is -2.35. The van der Waals surface area contributed by atoms with E-state index in [1.807, 2.05) is 24.0 Å². The first kappa shape index (κ1) is 17.9. The molecular weight excluding hydrogens is 356 g/mol. The Balaban J connectivity index is 1.54. The maximum absolute atomic E-state index is 12.7. The highest BCUT2D eigenvalue weighted by atomic mass is 32.1. The molecule has 4 rings (SSSR count). The van der Waals surface area contributed by atoms with E-state index in [1.54, 1.807) is 17.7 Å². The SMILES string of the molecule is Cc1ccc(C(=O)N2CCN(c3ncnc4ccc(C(C)C)cc34)CC2)s1. The number of hydrogen-bond acceptors (Lipinski definition) is 5. The Kier molecular flexibility index (Phi) is 4.83. The zero-order valence-corrected chi connectivity index (χ0v) is 16.8. The van der Waals surface area contributed by atoms with Crippen molar-refractivity contribution in [1.29, 1.82) is 0 Å². The Morgan fingerprint density at radius 1 is 1.07 bits per heavy atom. The number of hydrogen-bond donors (Lipinski definition) is 0. The number of piperazine rings is 1. The number of benzene rings is 1. The van der Waals surface area contributed by atoms with Gasteiger partial charge in [-0.25, -0.2) is 9.97 Å². The molecule has 3 heterocycles. The van der Waals surface area contributed by atoms with Crippen molar-refractivity contribution in [2.45, 2.75) is 26.7 Å². The molecule has 1 aliphatic heterocycles. The summed E-state index contributed by atoms with van der Waals surface area (Å²) in [7, 11) is 0. The number of rotatable bonds is 3. The molecule has 27 heavy (non-hydrogen) atoms. The maximum Gasteiger partial charge on any atom is 0.264 e. The lowest BCUT2D eigenvalue weighted by molar-refractivity contribution is 0.0751. The van der Waals surface area contributed by atoms with E-state index < -0.39 is 0 Å². The summed E-state index contributed by atoms with van der Waals surface area (Å²) in [5, 5.41) is 1.09. The molecule has 0 bridgehead atoms. The Morgan fingerprint density at radius 3 is 2.52 bits per heavy atom. The summed E-state index contributed by atoms with van der Waals surface area (Å²) in [6.45, 7) is 9.42. The van der Waals surface area contributed by atoms with Crippen molar-refractivity contribution in [3.63, 3.8) is 0 Å². The van der Waals surface area contributed by atoms with Gasteiger partial charge in [-0.2, -0.15) is 0 Å². The third-order valence-electron chi connectivity index (χ3n) is 5.12. The number of anilines is 1. The molecule has 0 atom stereocenters. The average molecular weight is 381 g/mol. The lowest BCUT2D eigenvalue weighted by atomic mass is 10.0. The minimum Gasteiger partial charge on any atom is -0.352 e. The van der Waals surface area contributed by atoms with Crippen LogP contribution in [0.1, 0.15) is 39.9 Å². The molecule has 0 aliphatic carbocycles. The molecule has 5 nitrogen and oxygen atoms in total. The molecule has 140 valence electrons. The third-order valence-corrected chi connectivity index (χ3v) is 6.11. The number of aryl methyl sites for hydroxylation is 1. The molecule has 1 saturated heterocycles. The van der Waals surface area contributed by atoms with Gasteiger partial charge in [0.2, 0.25) is 0 Å². The maximum atomic E-state index is 12.7. The Hall–Kier alpha value is -2.47. The molecule has 0 radical (unpaired) electrons. The largest absolute Gasteiger partial charge is 0.352 e. The summed E-state index contributed by atoms with van der Waals surface area (Å²) in [6.07, 6.45) is 1.64. The summed E-state index contributed by atoms with van der Waals surface area (Å²) in [5.74, 6) is 1.58. The molecular formula is C21H24N4OS. The first-order valence-corrected chi connectivity index (χ1v) is 10.2. The molecule has 1 amide bonds. The number of carbonyl (C=O) groups is 1. The van der Waals surface area contributed by atoms with Crippen molar-refractivity contribution < 1.29 is 4.79 Å². The molecule has 6 heteroatoms. The average Bonchev–Trinajstić information content (AvgIpc) is 3.13. The van der Waals surface area contributed by atoms with Gasteiger partial charge in [-0.1, -0.05) is 19.9 Å². The topological polar surface area (TPSA) is 49.3 Å². The highest BCUT2D eigenvalue weighted by Gasteiger charge is 2.24. The van der Waals surface area contributed by atoms with Gasteiger partial charge >= 0.3 is 0 Å². The second kappa shape index (κ2) is 7.27. The minimum absolute atomic E-state index is 0.141. The molecule has 2 aromatic heterocycles. The molecule has 1 aromatic carbocycles. The fourth-order valence-corrected chi connectivity index (χ4v) is 4.33. The first-order valence-electron chi connectivity index (χ1n) is 9.38. The Morgan fingerprint density at radius 2 is 1.85 bits per heavy atom. The van der Waals surface area contributed by atoms with E-state index in [0.717, 1.165) is 34.7 Å². The monoisotopic (exact) mass is 380 g/mol. The molecule has 0 saturated carbocycles. The zero-order chi connectivity index (χ0) is 19.0. The number of aromatic nitrogens is 2. The second-order valence-corrected chi connectivity index (χ2v) is 8.61. The number of amides is 1. The van der Waals surface area contributed by atoms with Crippen LogP contribution in [0.3, 0.4) is 0 Å². The third kappa shape index (κ3) is 3.54. The normalized spacial score (nSPS) is 15.0. The van der Waals surface area contributed by atoms with Gasteiger partial charge in [0.15, 0.2) is 0 Å². The second-order valence-electron chi connectivity index (χ2n) is 7.32. The van der Waals surface area contributed by atoms with E-state index in [2.05, 4.69) is 46.9 Å². The highest BCUT2D eigenvalue weighted by Crippen LogP contribution is 2.28. The van der Waals surface area contributed by atoms with Crippen LogP contribution in [-0.2, 0) is 0 Å². The van der Waals surface area contributed by atoms with E-state index in [1.165, 1.54) is 10.4 Å².